The van der Waals surface area contributed by atoms with E-state index in [9.17, 15) is 9.59 Å². The molecule has 2 fully saturated rings. The van der Waals surface area contributed by atoms with Gasteiger partial charge in [0.2, 0.25) is 5.01 Å². The highest BCUT2D eigenvalue weighted by molar-refractivity contribution is 7.13. The summed E-state index contributed by atoms with van der Waals surface area (Å²) in [6.45, 7) is 3.96. The van der Waals surface area contributed by atoms with Crippen molar-refractivity contribution >= 4 is 23.2 Å². The molecular weight excluding hydrogens is 446 g/mol. The molecule has 3 aromatic rings. The minimum atomic E-state index is -0.192. The number of nitrogens with one attached hydrogen (secondary N) is 2. The third-order valence-corrected chi connectivity index (χ3v) is 7.06. The lowest BCUT2D eigenvalue weighted by Gasteiger charge is -2.20. The molecule has 2 aromatic carbocycles. The molecule has 0 aliphatic heterocycles. The van der Waals surface area contributed by atoms with Gasteiger partial charge in [-0.05, 0) is 55.9 Å². The second-order valence-corrected chi connectivity index (χ2v) is 10.3. The molecule has 8 heteroatoms. The Balaban J connectivity index is 1.16. The van der Waals surface area contributed by atoms with Crippen LogP contribution in [-0.2, 0) is 19.6 Å². The maximum Gasteiger partial charge on any atom is 0.282 e. The monoisotopic (exact) mass is 475 g/mol. The number of nitrogens with zero attached hydrogens (tertiary/aromatic N) is 3. The lowest BCUT2D eigenvalue weighted by atomic mass is 10.1. The molecule has 0 spiro atoms. The zero-order chi connectivity index (χ0) is 23.5. The quantitative estimate of drug-likeness (QED) is 0.465. The third-order valence-electron chi connectivity index (χ3n) is 6.15. The summed E-state index contributed by atoms with van der Waals surface area (Å²) in [6, 6.07) is 16.9. The Morgan fingerprint density at radius 1 is 0.912 bits per heavy atom. The van der Waals surface area contributed by atoms with Crippen LogP contribution in [0.4, 0.5) is 0 Å². The van der Waals surface area contributed by atoms with Crippen LogP contribution in [0.5, 0.6) is 0 Å². The Hall–Kier alpha value is -3.10. The van der Waals surface area contributed by atoms with E-state index in [4.69, 9.17) is 0 Å². The van der Waals surface area contributed by atoms with Gasteiger partial charge in [-0.2, -0.15) is 0 Å². The predicted molar refractivity (Wildman–Crippen MR) is 131 cm³/mol. The fourth-order valence-electron chi connectivity index (χ4n) is 3.79. The maximum absolute atomic E-state index is 12.5. The maximum atomic E-state index is 12.5. The van der Waals surface area contributed by atoms with Crippen molar-refractivity contribution in [1.29, 1.82) is 0 Å². The van der Waals surface area contributed by atoms with Gasteiger partial charge in [-0.25, -0.2) is 0 Å². The van der Waals surface area contributed by atoms with Gasteiger partial charge in [0.05, 0.1) is 6.54 Å². The van der Waals surface area contributed by atoms with E-state index in [1.807, 2.05) is 55.5 Å². The van der Waals surface area contributed by atoms with Crippen molar-refractivity contribution < 1.29 is 9.59 Å². The fourth-order valence-corrected chi connectivity index (χ4v) is 4.57. The molecule has 2 aliphatic rings. The number of hydrogen-bond acceptors (Lipinski definition) is 6. The second kappa shape index (κ2) is 10.0. The molecule has 1 aromatic heterocycles. The van der Waals surface area contributed by atoms with Crippen molar-refractivity contribution in [2.45, 2.75) is 64.3 Å². The predicted octanol–water partition coefficient (Wildman–Crippen LogP) is 3.83. The van der Waals surface area contributed by atoms with Crippen LogP contribution in [0.1, 0.15) is 67.5 Å². The largest absolute Gasteiger partial charge is 0.349 e. The van der Waals surface area contributed by atoms with E-state index in [0.29, 0.717) is 35.7 Å². The van der Waals surface area contributed by atoms with E-state index in [1.54, 1.807) is 0 Å². The van der Waals surface area contributed by atoms with Crippen LogP contribution >= 0.6 is 11.3 Å². The standard InChI is InChI=1S/C26H29N5O2S/c1-17-2-4-18(5-3-17)14-27-25(33)26-30-29-23(34-26)16-31(22-12-13-22)15-19-6-8-20(9-7-19)24(32)28-21-10-11-21/h2-9,21-22H,10-16H2,1H3,(H,27,33)(H,28,32). The summed E-state index contributed by atoms with van der Waals surface area (Å²) in [5, 5.41) is 15.6. The summed E-state index contributed by atoms with van der Waals surface area (Å²) in [5.41, 5.74) is 4.12. The molecule has 0 bridgehead atoms. The number of benzene rings is 2. The Morgan fingerprint density at radius 2 is 1.62 bits per heavy atom. The minimum absolute atomic E-state index is 0.00939. The number of carbonyl (C=O) groups is 2. The fraction of sp³-hybridized carbons (Fsp3) is 0.385. The van der Waals surface area contributed by atoms with E-state index in [-0.39, 0.29) is 11.8 Å². The highest BCUT2D eigenvalue weighted by atomic mass is 32.1. The topological polar surface area (TPSA) is 87.2 Å². The molecule has 2 amide bonds. The van der Waals surface area contributed by atoms with Crippen LogP contribution in [0.15, 0.2) is 48.5 Å². The zero-order valence-corrected chi connectivity index (χ0v) is 20.1. The Kier molecular flexibility index (Phi) is 6.69. The zero-order valence-electron chi connectivity index (χ0n) is 19.3. The van der Waals surface area contributed by atoms with Crippen LogP contribution in [0.3, 0.4) is 0 Å². The summed E-state index contributed by atoms with van der Waals surface area (Å²) in [6.07, 6.45) is 4.51. The SMILES string of the molecule is Cc1ccc(CNC(=O)c2nnc(CN(Cc3ccc(C(=O)NC4CC4)cc3)C3CC3)s2)cc1. The highest BCUT2D eigenvalue weighted by Gasteiger charge is 2.30. The molecule has 34 heavy (non-hydrogen) atoms. The van der Waals surface area contributed by atoms with Gasteiger partial charge < -0.3 is 10.6 Å². The van der Waals surface area contributed by atoms with Gasteiger partial charge in [0.25, 0.3) is 11.8 Å². The second-order valence-electron chi connectivity index (χ2n) is 9.25. The van der Waals surface area contributed by atoms with Gasteiger partial charge in [0.1, 0.15) is 5.01 Å². The number of carbonyl (C=O) groups excluding carboxylic acids is 2. The van der Waals surface area contributed by atoms with Crippen molar-refractivity contribution in [2.75, 3.05) is 0 Å². The molecule has 2 N–H and O–H groups in total. The van der Waals surface area contributed by atoms with E-state index in [2.05, 4.69) is 25.7 Å². The summed E-state index contributed by atoms with van der Waals surface area (Å²) in [5.74, 6) is -0.183. The normalized spacial score (nSPS) is 15.4. The average molecular weight is 476 g/mol. The molecule has 2 aliphatic carbocycles. The molecule has 0 saturated heterocycles. The Labute approximate surface area is 203 Å². The van der Waals surface area contributed by atoms with Crippen molar-refractivity contribution in [3.8, 4) is 0 Å². The highest BCUT2D eigenvalue weighted by Crippen LogP contribution is 2.30. The van der Waals surface area contributed by atoms with Crippen LogP contribution in [0.25, 0.3) is 0 Å². The Bertz CT molecular complexity index is 1150. The summed E-state index contributed by atoms with van der Waals surface area (Å²) < 4.78 is 0. The van der Waals surface area contributed by atoms with Crippen molar-refractivity contribution in [2.24, 2.45) is 0 Å². The smallest absolute Gasteiger partial charge is 0.282 e. The molecule has 1 heterocycles. The first-order chi connectivity index (χ1) is 16.5. The van der Waals surface area contributed by atoms with Gasteiger partial charge >= 0.3 is 0 Å². The number of aryl methyl sites for hydroxylation is 1. The van der Waals surface area contributed by atoms with Crippen LogP contribution in [0.2, 0.25) is 0 Å². The van der Waals surface area contributed by atoms with Gasteiger partial charge in [-0.1, -0.05) is 53.3 Å². The van der Waals surface area contributed by atoms with E-state index < -0.39 is 0 Å². The molecule has 0 unspecified atom stereocenters. The molecule has 5 rings (SSSR count). The molecular formula is C26H29N5O2S. The molecule has 2 saturated carbocycles. The van der Waals surface area contributed by atoms with E-state index in [0.717, 1.165) is 35.5 Å². The first-order valence-electron chi connectivity index (χ1n) is 11.8. The molecule has 0 atom stereocenters. The van der Waals surface area contributed by atoms with Crippen LogP contribution in [0, 0.1) is 6.92 Å². The number of amides is 2. The van der Waals surface area contributed by atoms with Crippen molar-refractivity contribution in [1.82, 2.24) is 25.7 Å². The van der Waals surface area contributed by atoms with Gasteiger partial charge in [0.15, 0.2) is 0 Å². The molecule has 7 nitrogen and oxygen atoms in total. The molecule has 176 valence electrons. The number of rotatable bonds is 10. The summed E-state index contributed by atoms with van der Waals surface area (Å²) >= 11 is 1.35. The van der Waals surface area contributed by atoms with Gasteiger partial charge in [-0.15, -0.1) is 10.2 Å². The van der Waals surface area contributed by atoms with Crippen molar-refractivity contribution in [3.05, 3.63) is 80.8 Å². The van der Waals surface area contributed by atoms with E-state index in [1.165, 1.54) is 29.7 Å². The summed E-state index contributed by atoms with van der Waals surface area (Å²) in [7, 11) is 0. The minimum Gasteiger partial charge on any atom is -0.349 e. The van der Waals surface area contributed by atoms with Gasteiger partial charge in [-0.3, -0.25) is 14.5 Å². The number of aromatic nitrogens is 2. The van der Waals surface area contributed by atoms with Crippen molar-refractivity contribution in [3.63, 3.8) is 0 Å². The third kappa shape index (κ3) is 6.07. The lowest BCUT2D eigenvalue weighted by molar-refractivity contribution is 0.0942. The van der Waals surface area contributed by atoms with Crippen LogP contribution < -0.4 is 10.6 Å². The van der Waals surface area contributed by atoms with E-state index >= 15 is 0 Å². The summed E-state index contributed by atoms with van der Waals surface area (Å²) in [4.78, 5) is 27.1. The average Bonchev–Trinajstić information content (AvgIpc) is 3.78. The molecule has 0 radical (unpaired) electrons. The Morgan fingerprint density at radius 3 is 2.29 bits per heavy atom. The van der Waals surface area contributed by atoms with Crippen LogP contribution in [-0.4, -0.2) is 39.0 Å². The van der Waals surface area contributed by atoms with Gasteiger partial charge in [0, 0.05) is 30.7 Å². The lowest BCUT2D eigenvalue weighted by Crippen LogP contribution is -2.26. The first-order valence-corrected chi connectivity index (χ1v) is 12.6. The first kappa shape index (κ1) is 22.7. The number of hydrogen-bond donors (Lipinski definition) is 2.